The molecule has 0 aliphatic heterocycles. The van der Waals surface area contributed by atoms with E-state index in [2.05, 4.69) is 10.6 Å². The predicted molar refractivity (Wildman–Crippen MR) is 157 cm³/mol. The lowest BCUT2D eigenvalue weighted by Crippen LogP contribution is -2.53. The van der Waals surface area contributed by atoms with Crippen molar-refractivity contribution in [1.82, 2.24) is 20.2 Å². The van der Waals surface area contributed by atoms with Gasteiger partial charge >= 0.3 is 12.1 Å². The summed E-state index contributed by atoms with van der Waals surface area (Å²) in [6.07, 6.45) is 0.199. The van der Waals surface area contributed by atoms with E-state index in [1.807, 2.05) is 48.6 Å². The van der Waals surface area contributed by atoms with E-state index in [4.69, 9.17) is 14.5 Å². The van der Waals surface area contributed by atoms with Crippen LogP contribution in [0.4, 0.5) is 10.5 Å². The lowest BCUT2D eigenvalue weighted by molar-refractivity contribution is -0.148. The number of benzene rings is 1. The fourth-order valence-electron chi connectivity index (χ4n) is 4.46. The molecule has 0 spiro atoms. The maximum Gasteiger partial charge on any atom is 0.408 e. The number of hydrogen-bond acceptors (Lipinski definition) is 9. The van der Waals surface area contributed by atoms with Gasteiger partial charge < -0.3 is 39.8 Å². The van der Waals surface area contributed by atoms with Gasteiger partial charge in [0.1, 0.15) is 23.5 Å². The number of amides is 2. The van der Waals surface area contributed by atoms with E-state index in [0.29, 0.717) is 31.8 Å². The van der Waals surface area contributed by atoms with Crippen LogP contribution in [0, 0.1) is 5.92 Å². The zero-order valence-corrected chi connectivity index (χ0v) is 25.4. The molecule has 2 atom stereocenters. The minimum atomic E-state index is -0.992. The van der Waals surface area contributed by atoms with Crippen LogP contribution in [0.2, 0.25) is 0 Å². The third-order valence-corrected chi connectivity index (χ3v) is 6.32. The number of aromatic nitrogens is 2. The molecular formula is C29H47N5O7. The number of carbonyl (C=O) groups excluding carboxylic acids is 3. The van der Waals surface area contributed by atoms with Crippen LogP contribution >= 0.6 is 0 Å². The van der Waals surface area contributed by atoms with Crippen LogP contribution in [0.15, 0.2) is 18.2 Å². The van der Waals surface area contributed by atoms with Gasteiger partial charge in [0, 0.05) is 32.2 Å². The van der Waals surface area contributed by atoms with E-state index in [-0.39, 0.29) is 32.2 Å². The number of anilines is 1. The average molecular weight is 578 g/mol. The molecule has 1 heterocycles. The maximum atomic E-state index is 13.4. The number of hydrogen-bond donors (Lipinski definition) is 4. The number of fused-ring (bicyclic) bond motifs is 1. The number of imidazole rings is 1. The zero-order valence-electron chi connectivity index (χ0n) is 25.4. The predicted octanol–water partition coefficient (Wildman–Crippen LogP) is 2.28. The summed E-state index contributed by atoms with van der Waals surface area (Å²) in [6, 6.07) is 3.88. The number of carbonyl (C=O) groups is 3. The Hall–Kier alpha value is -3.38. The summed E-state index contributed by atoms with van der Waals surface area (Å²) in [4.78, 5) is 45.2. The van der Waals surface area contributed by atoms with Crippen LogP contribution < -0.4 is 15.5 Å². The van der Waals surface area contributed by atoms with Crippen LogP contribution in [0.3, 0.4) is 0 Å². The number of nitrogens with zero attached hydrogens (tertiary/aromatic N) is 3. The van der Waals surface area contributed by atoms with Gasteiger partial charge in [-0.1, -0.05) is 13.8 Å². The Kier molecular flexibility index (Phi) is 12.8. The number of aryl methyl sites for hydroxylation is 2. The molecule has 0 bridgehead atoms. The van der Waals surface area contributed by atoms with Crippen LogP contribution in [0.1, 0.15) is 60.2 Å². The van der Waals surface area contributed by atoms with E-state index in [1.54, 1.807) is 27.7 Å². The minimum Gasteiger partial charge on any atom is -0.464 e. The van der Waals surface area contributed by atoms with E-state index >= 15 is 0 Å². The summed E-state index contributed by atoms with van der Waals surface area (Å²) in [6.45, 7) is 11.6. The molecule has 2 aromatic rings. The van der Waals surface area contributed by atoms with Gasteiger partial charge in [0.15, 0.2) is 0 Å². The van der Waals surface area contributed by atoms with Gasteiger partial charge in [-0.15, -0.1) is 0 Å². The molecule has 1 aromatic heterocycles. The lowest BCUT2D eigenvalue weighted by Gasteiger charge is -2.25. The first kappa shape index (κ1) is 33.8. The van der Waals surface area contributed by atoms with Crippen molar-refractivity contribution in [3.63, 3.8) is 0 Å². The smallest absolute Gasteiger partial charge is 0.408 e. The Balaban J connectivity index is 2.29. The Morgan fingerprint density at radius 2 is 1.73 bits per heavy atom. The summed E-state index contributed by atoms with van der Waals surface area (Å²) in [5, 5.41) is 24.2. The quantitative estimate of drug-likeness (QED) is 0.233. The number of ether oxygens (including phenoxy) is 2. The standard InChI is InChI=1S/C29H47N5O7/c1-8-40-27(38)23(17-19(2)3)31-26(37)21(32-28(39)41-29(4,5)6)10-12-25-30-22-18-20(9-11-24(22)33(25)7)34(13-15-35)14-16-36/h9,11,18-19,21,23,35-36H,8,10,12-17H2,1-7H3,(H,31,37)(H,32,39)/t21-,23-/m0/s1. The highest BCUT2D eigenvalue weighted by atomic mass is 16.6. The van der Waals surface area contributed by atoms with E-state index in [9.17, 15) is 24.6 Å². The molecule has 4 N–H and O–H groups in total. The molecule has 12 nitrogen and oxygen atoms in total. The van der Waals surface area contributed by atoms with E-state index in [1.165, 1.54) is 0 Å². The van der Waals surface area contributed by atoms with Crippen molar-refractivity contribution in [3.8, 4) is 0 Å². The molecule has 1 aromatic carbocycles. The fourth-order valence-corrected chi connectivity index (χ4v) is 4.46. The third-order valence-electron chi connectivity index (χ3n) is 6.32. The summed E-state index contributed by atoms with van der Waals surface area (Å²) in [5.41, 5.74) is 1.66. The Morgan fingerprint density at radius 1 is 1.07 bits per heavy atom. The number of esters is 1. The molecule has 0 radical (unpaired) electrons. The first-order chi connectivity index (χ1) is 19.3. The second kappa shape index (κ2) is 15.6. The first-order valence-corrected chi connectivity index (χ1v) is 14.2. The van der Waals surface area contributed by atoms with Crippen LogP contribution in [0.5, 0.6) is 0 Å². The summed E-state index contributed by atoms with van der Waals surface area (Å²) in [5.74, 6) is -0.217. The van der Waals surface area contributed by atoms with E-state index in [0.717, 1.165) is 16.7 Å². The maximum absolute atomic E-state index is 13.4. The third kappa shape index (κ3) is 10.5. The number of alkyl carbamates (subject to hydrolysis) is 1. The summed E-state index contributed by atoms with van der Waals surface area (Å²) in [7, 11) is 1.87. The molecule has 2 amide bonds. The summed E-state index contributed by atoms with van der Waals surface area (Å²) < 4.78 is 12.5. The highest BCUT2D eigenvalue weighted by molar-refractivity contribution is 5.89. The van der Waals surface area contributed by atoms with Gasteiger partial charge in [-0.25, -0.2) is 14.6 Å². The van der Waals surface area contributed by atoms with Crippen LogP contribution in [-0.2, 0) is 32.5 Å². The van der Waals surface area contributed by atoms with Gasteiger partial charge in [0.05, 0.1) is 30.9 Å². The molecule has 0 unspecified atom stereocenters. The van der Waals surface area contributed by atoms with Gasteiger partial charge in [-0.3, -0.25) is 4.79 Å². The van der Waals surface area contributed by atoms with Crippen molar-refractivity contribution in [2.24, 2.45) is 13.0 Å². The molecule has 41 heavy (non-hydrogen) atoms. The molecule has 230 valence electrons. The van der Waals surface area contributed by atoms with Crippen molar-refractivity contribution >= 4 is 34.7 Å². The monoisotopic (exact) mass is 577 g/mol. The average Bonchev–Trinajstić information content (AvgIpc) is 3.19. The highest BCUT2D eigenvalue weighted by Crippen LogP contribution is 2.23. The first-order valence-electron chi connectivity index (χ1n) is 14.2. The van der Waals surface area contributed by atoms with Crippen molar-refractivity contribution in [2.45, 2.75) is 78.5 Å². The highest BCUT2D eigenvalue weighted by Gasteiger charge is 2.30. The van der Waals surface area contributed by atoms with Gasteiger partial charge in [0.2, 0.25) is 5.91 Å². The molecule has 0 aliphatic carbocycles. The molecule has 0 saturated heterocycles. The molecule has 2 rings (SSSR count). The largest absolute Gasteiger partial charge is 0.464 e. The Labute approximate surface area is 242 Å². The molecular weight excluding hydrogens is 530 g/mol. The van der Waals surface area contributed by atoms with Crippen LogP contribution in [0.25, 0.3) is 11.0 Å². The summed E-state index contributed by atoms with van der Waals surface area (Å²) >= 11 is 0. The van der Waals surface area contributed by atoms with Crippen molar-refractivity contribution in [2.75, 3.05) is 37.8 Å². The number of nitrogens with one attached hydrogen (secondary N) is 2. The van der Waals surface area contributed by atoms with Crippen molar-refractivity contribution < 1.29 is 34.1 Å². The van der Waals surface area contributed by atoms with Gasteiger partial charge in [-0.05, 0) is 64.7 Å². The molecule has 12 heteroatoms. The molecule has 0 aliphatic rings. The number of rotatable bonds is 15. The van der Waals surface area contributed by atoms with Gasteiger partial charge in [-0.2, -0.15) is 0 Å². The van der Waals surface area contributed by atoms with E-state index < -0.39 is 35.7 Å². The zero-order chi connectivity index (χ0) is 30.7. The van der Waals surface area contributed by atoms with Crippen molar-refractivity contribution in [3.05, 3.63) is 24.0 Å². The lowest BCUT2D eigenvalue weighted by atomic mass is 10.0. The SMILES string of the molecule is CCOC(=O)[C@H](CC(C)C)NC(=O)[C@H](CCc1nc2cc(N(CCO)CCO)ccc2n1C)NC(=O)OC(C)(C)C. The normalized spacial score (nSPS) is 13.1. The Bertz CT molecular complexity index is 1150. The van der Waals surface area contributed by atoms with Gasteiger partial charge in [0.25, 0.3) is 0 Å². The topological polar surface area (TPSA) is 155 Å². The number of aliphatic hydroxyl groups is 2. The second-order valence-corrected chi connectivity index (χ2v) is 11.4. The minimum absolute atomic E-state index is 0.0478. The fraction of sp³-hybridized carbons (Fsp3) is 0.655. The number of aliphatic hydroxyl groups excluding tert-OH is 2. The van der Waals surface area contributed by atoms with Crippen molar-refractivity contribution in [1.29, 1.82) is 0 Å². The molecule has 0 fully saturated rings. The second-order valence-electron chi connectivity index (χ2n) is 11.4. The van der Waals surface area contributed by atoms with Crippen LogP contribution in [-0.4, -0.2) is 88.3 Å². The molecule has 0 saturated carbocycles. The Morgan fingerprint density at radius 3 is 2.29 bits per heavy atom.